The van der Waals surface area contributed by atoms with Crippen molar-refractivity contribution in [1.82, 2.24) is 20.9 Å². The van der Waals surface area contributed by atoms with Gasteiger partial charge in [0.2, 0.25) is 29.5 Å². The van der Waals surface area contributed by atoms with Crippen LogP contribution in [0.15, 0.2) is 0 Å². The number of hydrogen-bond acceptors (Lipinski definition) is 11. The minimum atomic E-state index is -1.89. The summed E-state index contributed by atoms with van der Waals surface area (Å²) in [5.74, 6) is -4.39. The van der Waals surface area contributed by atoms with Crippen LogP contribution >= 0.6 is 0 Å². The predicted octanol–water partition coefficient (Wildman–Crippen LogP) is -4.82. The van der Waals surface area contributed by atoms with Crippen LogP contribution in [0.1, 0.15) is 26.7 Å². The Morgan fingerprint density at radius 2 is 1.68 bits per heavy atom. The highest BCUT2D eigenvalue weighted by atomic mass is 16.5. The summed E-state index contributed by atoms with van der Waals surface area (Å²) in [6.07, 6.45) is -7.39. The van der Waals surface area contributed by atoms with E-state index in [0.29, 0.717) is 4.90 Å². The minimum absolute atomic E-state index is 0.191. The van der Waals surface area contributed by atoms with Crippen LogP contribution in [0.25, 0.3) is 0 Å². The molecule has 0 saturated heterocycles. The fraction of sp³-hybridized carbons (Fsp3) is 0.650. The molecule has 210 valence electrons. The number of carbonyl (C=O) groups excluding carboxylic acids is 6. The number of carboxylic acid groups (broad SMARTS) is 1. The Kier molecular flexibility index (Phi) is 14.5. The van der Waals surface area contributed by atoms with E-state index in [2.05, 4.69) is 16.0 Å². The molecule has 0 heterocycles. The van der Waals surface area contributed by atoms with Gasteiger partial charge < -0.3 is 51.6 Å². The number of nitrogens with two attached hydrogens (primary N) is 1. The van der Waals surface area contributed by atoms with E-state index in [4.69, 9.17) is 20.7 Å². The average Bonchev–Trinajstić information content (AvgIpc) is 2.83. The van der Waals surface area contributed by atoms with E-state index in [1.165, 1.54) is 6.92 Å². The van der Waals surface area contributed by atoms with E-state index >= 15 is 0 Å². The molecule has 0 aromatic rings. The molecule has 0 aliphatic heterocycles. The lowest BCUT2D eigenvalue weighted by molar-refractivity contribution is -0.146. The number of nitrogens with zero attached hydrogens (tertiary/aromatic N) is 1. The number of hydrogen-bond donors (Lipinski definition) is 8. The molecular weight excluding hydrogens is 502 g/mol. The number of primary amides is 1. The van der Waals surface area contributed by atoms with Gasteiger partial charge in [-0.15, -0.1) is 0 Å². The first-order chi connectivity index (χ1) is 17.2. The van der Waals surface area contributed by atoms with Gasteiger partial charge in [0.25, 0.3) is 0 Å². The molecule has 2 unspecified atom stereocenters. The summed E-state index contributed by atoms with van der Waals surface area (Å²) in [7, 11) is 1.00. The fourth-order valence-corrected chi connectivity index (χ4v) is 2.82. The molecule has 0 spiro atoms. The quantitative estimate of drug-likeness (QED) is 0.0864. The van der Waals surface area contributed by atoms with Crippen LogP contribution in [0.5, 0.6) is 0 Å². The van der Waals surface area contributed by atoms with Gasteiger partial charge in [0.1, 0.15) is 49.3 Å². The second-order valence-corrected chi connectivity index (χ2v) is 7.91. The van der Waals surface area contributed by atoms with Crippen molar-refractivity contribution in [1.29, 1.82) is 0 Å². The summed E-state index contributed by atoms with van der Waals surface area (Å²) < 4.78 is 5.17. The molecule has 6 atom stereocenters. The molecule has 0 aromatic carbocycles. The fourth-order valence-electron chi connectivity index (χ4n) is 2.82. The molecule has 9 N–H and O–H groups in total. The number of aldehydes is 1. The molecule has 0 aliphatic carbocycles. The van der Waals surface area contributed by atoms with Gasteiger partial charge in [-0.05, 0) is 13.3 Å². The number of rotatable bonds is 16. The van der Waals surface area contributed by atoms with Crippen molar-refractivity contribution in [2.24, 2.45) is 5.73 Å². The zero-order chi connectivity index (χ0) is 28.9. The second kappa shape index (κ2) is 16.1. The third kappa shape index (κ3) is 11.7. The summed E-state index contributed by atoms with van der Waals surface area (Å²) in [6, 6.07) is -4.14. The second-order valence-electron chi connectivity index (χ2n) is 7.91. The minimum Gasteiger partial charge on any atom is -0.465 e. The average molecular weight is 536 g/mol. The molecule has 0 fully saturated rings. The maximum Gasteiger partial charge on any atom is 0.413 e. The summed E-state index contributed by atoms with van der Waals surface area (Å²) in [5, 5.41) is 44.2. The van der Waals surface area contributed by atoms with Crippen LogP contribution < -0.4 is 21.7 Å². The Labute approximate surface area is 211 Å². The molecule has 0 radical (unpaired) electrons. The third-order valence-corrected chi connectivity index (χ3v) is 4.93. The molecule has 17 nitrogen and oxygen atoms in total. The first-order valence-electron chi connectivity index (χ1n) is 10.9. The van der Waals surface area contributed by atoms with Crippen LogP contribution in [0, 0.1) is 0 Å². The van der Waals surface area contributed by atoms with E-state index in [9.17, 15) is 43.8 Å². The molecule has 17 heteroatoms. The zero-order valence-corrected chi connectivity index (χ0v) is 20.4. The van der Waals surface area contributed by atoms with Crippen molar-refractivity contribution < 1.29 is 58.7 Å². The lowest BCUT2D eigenvalue weighted by atomic mass is 10.0. The lowest BCUT2D eigenvalue weighted by Crippen LogP contribution is -2.56. The van der Waals surface area contributed by atoms with Gasteiger partial charge in [-0.1, -0.05) is 0 Å². The van der Waals surface area contributed by atoms with Crippen LogP contribution in [0.3, 0.4) is 0 Å². The Balaban J connectivity index is 5.11. The normalized spacial score (nSPS) is 15.6. The number of nitrogens with one attached hydrogen (secondary N) is 3. The SMILES string of the molecule is CC(=O)N[C@@H](C=O)[C@@H](OCC(=O)NC(C)C(=O)NC(CCC(=O)N(C)C(=O)O)C(N)=O)[C@H](O)[C@H](O)CO. The zero-order valence-electron chi connectivity index (χ0n) is 20.4. The van der Waals surface area contributed by atoms with Crippen molar-refractivity contribution in [3.05, 3.63) is 0 Å². The van der Waals surface area contributed by atoms with Gasteiger partial charge >= 0.3 is 6.09 Å². The number of ether oxygens (including phenoxy) is 1. The van der Waals surface area contributed by atoms with E-state index in [1.54, 1.807) is 0 Å². The first-order valence-corrected chi connectivity index (χ1v) is 10.9. The van der Waals surface area contributed by atoms with Crippen molar-refractivity contribution in [2.45, 2.75) is 63.1 Å². The summed E-state index contributed by atoms with van der Waals surface area (Å²) in [6.45, 7) is 0.503. The monoisotopic (exact) mass is 535 g/mol. The molecule has 0 rings (SSSR count). The van der Waals surface area contributed by atoms with Crippen molar-refractivity contribution in [3.8, 4) is 0 Å². The topological polar surface area (TPSA) is 275 Å². The predicted molar refractivity (Wildman–Crippen MR) is 121 cm³/mol. The van der Waals surface area contributed by atoms with Crippen LogP contribution in [0.2, 0.25) is 0 Å². The first kappa shape index (κ1) is 33.3. The maximum absolute atomic E-state index is 12.4. The highest BCUT2D eigenvalue weighted by Gasteiger charge is 2.35. The molecule has 0 bridgehead atoms. The van der Waals surface area contributed by atoms with Gasteiger partial charge in [-0.2, -0.15) is 0 Å². The summed E-state index contributed by atoms with van der Waals surface area (Å²) in [5.41, 5.74) is 5.21. The van der Waals surface area contributed by atoms with E-state index in [0.717, 1.165) is 14.0 Å². The highest BCUT2D eigenvalue weighted by molar-refractivity contribution is 5.93. The smallest absolute Gasteiger partial charge is 0.413 e. The molecule has 0 aliphatic rings. The third-order valence-electron chi connectivity index (χ3n) is 4.93. The van der Waals surface area contributed by atoms with Crippen LogP contribution in [-0.2, 0) is 33.5 Å². The number of carbonyl (C=O) groups is 7. The number of imide groups is 1. The number of aliphatic hydroxyl groups excluding tert-OH is 3. The van der Waals surface area contributed by atoms with Crippen molar-refractivity contribution in [3.63, 3.8) is 0 Å². The molecule has 0 aromatic heterocycles. The Morgan fingerprint density at radius 3 is 2.14 bits per heavy atom. The molecule has 0 saturated carbocycles. The van der Waals surface area contributed by atoms with E-state index in [1.807, 2.05) is 0 Å². The maximum atomic E-state index is 12.4. The van der Waals surface area contributed by atoms with E-state index in [-0.39, 0.29) is 12.7 Å². The van der Waals surface area contributed by atoms with Crippen molar-refractivity contribution in [2.75, 3.05) is 20.3 Å². The molecular formula is C20H33N5O12. The highest BCUT2D eigenvalue weighted by Crippen LogP contribution is 2.09. The van der Waals surface area contributed by atoms with Gasteiger partial charge in [-0.25, -0.2) is 4.79 Å². The van der Waals surface area contributed by atoms with Gasteiger partial charge in [0.05, 0.1) is 6.61 Å². The standard InChI is InChI=1S/C20H33N5O12/c1-9(19(34)24-11(18(21)33)4-5-15(31)25(3)20(35)36)22-14(30)8-37-17(16(32)13(29)7-27)12(6-26)23-10(2)28/h6,9,11-13,16-17,27,29,32H,4-5,7-8H2,1-3H3,(H2,21,33)(H,22,30)(H,23,28)(H,24,34)(H,35,36)/t9?,11?,12-,13+,16+,17+/m0/s1. The molecule has 6 amide bonds. The Bertz CT molecular complexity index is 854. The number of aliphatic hydroxyl groups is 3. The van der Waals surface area contributed by atoms with Crippen LogP contribution in [0.4, 0.5) is 4.79 Å². The summed E-state index contributed by atoms with van der Waals surface area (Å²) in [4.78, 5) is 81.8. The number of amides is 6. The summed E-state index contributed by atoms with van der Waals surface area (Å²) >= 11 is 0. The largest absolute Gasteiger partial charge is 0.465 e. The Morgan fingerprint density at radius 1 is 1.08 bits per heavy atom. The lowest BCUT2D eigenvalue weighted by Gasteiger charge is -2.30. The molecule has 37 heavy (non-hydrogen) atoms. The van der Waals surface area contributed by atoms with E-state index < -0.39 is 91.7 Å². The van der Waals surface area contributed by atoms with Gasteiger partial charge in [0, 0.05) is 20.4 Å². The van der Waals surface area contributed by atoms with Gasteiger partial charge in [-0.3, -0.25) is 28.9 Å². The Hall–Kier alpha value is -3.67. The van der Waals surface area contributed by atoms with Gasteiger partial charge in [0.15, 0.2) is 0 Å². The van der Waals surface area contributed by atoms with Crippen molar-refractivity contribution >= 4 is 41.9 Å². The van der Waals surface area contributed by atoms with Crippen LogP contribution in [-0.4, -0.2) is 124 Å².